The third-order valence-electron chi connectivity index (χ3n) is 2.78. The summed E-state index contributed by atoms with van der Waals surface area (Å²) in [6, 6.07) is 3.78. The molecule has 0 saturated carbocycles. The van der Waals surface area contributed by atoms with Crippen molar-refractivity contribution < 1.29 is 4.79 Å². The minimum Gasteiger partial charge on any atom is -0.397 e. The highest BCUT2D eigenvalue weighted by molar-refractivity contribution is 7.21. The number of anilines is 1. The molecule has 0 unspecified atom stereocenters. The summed E-state index contributed by atoms with van der Waals surface area (Å²) in [6.45, 7) is 2.82. The number of nitrogen functional groups attached to an aromatic ring is 1. The molecule has 1 amide bonds. The second kappa shape index (κ2) is 5.63. The van der Waals surface area contributed by atoms with E-state index in [4.69, 9.17) is 11.0 Å². The molecule has 2 N–H and O–H groups in total. The number of carbonyl (C=O) groups is 1. The van der Waals surface area contributed by atoms with Gasteiger partial charge in [0, 0.05) is 18.5 Å². The van der Waals surface area contributed by atoms with Crippen LogP contribution in [0.15, 0.2) is 12.3 Å². The summed E-state index contributed by atoms with van der Waals surface area (Å²) in [5.74, 6) is -0.154. The van der Waals surface area contributed by atoms with Gasteiger partial charge in [-0.3, -0.25) is 4.79 Å². The number of thiophene rings is 1. The number of hydrogen-bond donors (Lipinski definition) is 1. The van der Waals surface area contributed by atoms with Crippen molar-refractivity contribution in [1.29, 1.82) is 5.26 Å². The maximum Gasteiger partial charge on any atom is 0.266 e. The standard InChI is InChI=1S/C12H13N5OS/c1-2-17(7-3-5-13)12(18)10-9(14)8-4-6-15-16-11(8)19-10/h4,6H,2-3,7,14H2,1H3. The zero-order valence-electron chi connectivity index (χ0n) is 10.5. The van der Waals surface area contributed by atoms with Crippen LogP contribution in [-0.4, -0.2) is 34.1 Å². The molecule has 0 aliphatic carbocycles. The molecular formula is C12H13N5OS. The SMILES string of the molecule is CCN(CCC#N)C(=O)c1sc2nnccc2c1N. The zero-order valence-corrected chi connectivity index (χ0v) is 11.3. The second-order valence-corrected chi connectivity index (χ2v) is 4.89. The number of nitrogens with zero attached hydrogens (tertiary/aromatic N) is 4. The lowest BCUT2D eigenvalue weighted by atomic mass is 10.2. The van der Waals surface area contributed by atoms with Crippen LogP contribution in [0.3, 0.4) is 0 Å². The largest absolute Gasteiger partial charge is 0.397 e. The quantitative estimate of drug-likeness (QED) is 0.915. The number of carbonyl (C=O) groups excluding carboxylic acids is 1. The molecule has 7 heteroatoms. The van der Waals surface area contributed by atoms with Gasteiger partial charge in [-0.1, -0.05) is 0 Å². The Morgan fingerprint density at radius 2 is 2.42 bits per heavy atom. The Balaban J connectivity index is 2.35. The first-order chi connectivity index (χ1) is 9.19. The van der Waals surface area contributed by atoms with E-state index in [9.17, 15) is 4.79 Å². The highest BCUT2D eigenvalue weighted by atomic mass is 32.1. The van der Waals surface area contributed by atoms with Crippen molar-refractivity contribution in [3.63, 3.8) is 0 Å². The molecule has 0 bridgehead atoms. The van der Waals surface area contributed by atoms with Crippen molar-refractivity contribution in [1.82, 2.24) is 15.1 Å². The van der Waals surface area contributed by atoms with Crippen molar-refractivity contribution in [3.05, 3.63) is 17.1 Å². The van der Waals surface area contributed by atoms with Crippen molar-refractivity contribution in [2.45, 2.75) is 13.3 Å². The monoisotopic (exact) mass is 275 g/mol. The summed E-state index contributed by atoms with van der Waals surface area (Å²) in [6.07, 6.45) is 1.86. The average molecular weight is 275 g/mol. The second-order valence-electron chi connectivity index (χ2n) is 3.89. The summed E-state index contributed by atoms with van der Waals surface area (Å²) in [5, 5.41) is 17.1. The van der Waals surface area contributed by atoms with Gasteiger partial charge in [-0.05, 0) is 13.0 Å². The summed E-state index contributed by atoms with van der Waals surface area (Å²) >= 11 is 1.24. The van der Waals surface area contributed by atoms with Crippen molar-refractivity contribution in [2.24, 2.45) is 0 Å². The first-order valence-electron chi connectivity index (χ1n) is 5.85. The third kappa shape index (κ3) is 2.48. The minimum absolute atomic E-state index is 0.154. The van der Waals surface area contributed by atoms with Gasteiger partial charge in [-0.15, -0.1) is 16.4 Å². The van der Waals surface area contributed by atoms with Gasteiger partial charge in [-0.2, -0.15) is 10.4 Å². The third-order valence-corrected chi connectivity index (χ3v) is 3.87. The van der Waals surface area contributed by atoms with Crippen LogP contribution >= 0.6 is 11.3 Å². The molecule has 0 atom stereocenters. The predicted octanol–water partition coefficient (Wildman–Crippen LogP) is 1.65. The van der Waals surface area contributed by atoms with Crippen molar-refractivity contribution >= 4 is 33.1 Å². The smallest absolute Gasteiger partial charge is 0.266 e. The summed E-state index contributed by atoms with van der Waals surface area (Å²) in [4.78, 5) is 15.1. The molecule has 6 nitrogen and oxygen atoms in total. The molecule has 19 heavy (non-hydrogen) atoms. The van der Waals surface area contributed by atoms with Crippen LogP contribution in [-0.2, 0) is 0 Å². The van der Waals surface area contributed by atoms with Gasteiger partial charge in [0.15, 0.2) is 0 Å². The molecule has 0 aliphatic heterocycles. The Morgan fingerprint density at radius 1 is 1.63 bits per heavy atom. The fourth-order valence-corrected chi connectivity index (χ4v) is 2.77. The van der Waals surface area contributed by atoms with E-state index in [1.165, 1.54) is 11.3 Å². The number of nitrogens with two attached hydrogens (primary N) is 1. The molecule has 0 aliphatic rings. The van der Waals surface area contributed by atoms with Crippen LogP contribution < -0.4 is 5.73 Å². The van der Waals surface area contributed by atoms with Gasteiger partial charge in [0.1, 0.15) is 9.71 Å². The van der Waals surface area contributed by atoms with E-state index in [0.717, 1.165) is 5.39 Å². The minimum atomic E-state index is -0.154. The summed E-state index contributed by atoms with van der Waals surface area (Å²) < 4.78 is 0. The Hall–Kier alpha value is -2.20. The van der Waals surface area contributed by atoms with Crippen molar-refractivity contribution in [3.8, 4) is 6.07 Å². The zero-order chi connectivity index (χ0) is 13.8. The van der Waals surface area contributed by atoms with Gasteiger partial charge in [0.2, 0.25) is 0 Å². The van der Waals surface area contributed by atoms with Gasteiger partial charge < -0.3 is 10.6 Å². The van der Waals surface area contributed by atoms with Gasteiger partial charge in [-0.25, -0.2) is 0 Å². The highest BCUT2D eigenvalue weighted by Crippen LogP contribution is 2.32. The van der Waals surface area contributed by atoms with E-state index in [2.05, 4.69) is 10.2 Å². The van der Waals surface area contributed by atoms with Crippen LogP contribution in [0.25, 0.3) is 10.2 Å². The maximum atomic E-state index is 12.4. The number of amides is 1. The Morgan fingerprint density at radius 3 is 3.05 bits per heavy atom. The van der Waals surface area contributed by atoms with Gasteiger partial charge >= 0.3 is 0 Å². The van der Waals surface area contributed by atoms with E-state index >= 15 is 0 Å². The first-order valence-corrected chi connectivity index (χ1v) is 6.66. The fourth-order valence-electron chi connectivity index (χ4n) is 1.76. The number of aromatic nitrogens is 2. The lowest BCUT2D eigenvalue weighted by molar-refractivity contribution is 0.0773. The van der Waals surface area contributed by atoms with Gasteiger partial charge in [0.25, 0.3) is 5.91 Å². The molecule has 0 fully saturated rings. The molecule has 2 aromatic rings. The molecular weight excluding hydrogens is 262 g/mol. The summed E-state index contributed by atoms with van der Waals surface area (Å²) in [5.41, 5.74) is 6.43. The molecule has 0 saturated heterocycles. The van der Waals surface area contributed by atoms with E-state index in [-0.39, 0.29) is 5.91 Å². The highest BCUT2D eigenvalue weighted by Gasteiger charge is 2.21. The maximum absolute atomic E-state index is 12.4. The Bertz CT molecular complexity index is 645. The Labute approximate surface area is 114 Å². The van der Waals surface area contributed by atoms with E-state index < -0.39 is 0 Å². The lowest BCUT2D eigenvalue weighted by Crippen LogP contribution is -2.31. The normalized spacial score (nSPS) is 10.3. The predicted molar refractivity (Wildman–Crippen MR) is 73.6 cm³/mol. The lowest BCUT2D eigenvalue weighted by Gasteiger charge is -2.18. The molecule has 2 rings (SSSR count). The summed E-state index contributed by atoms with van der Waals surface area (Å²) in [7, 11) is 0. The van der Waals surface area contributed by atoms with E-state index in [1.54, 1.807) is 17.2 Å². The van der Waals surface area contributed by atoms with Crippen LogP contribution in [0.5, 0.6) is 0 Å². The van der Waals surface area contributed by atoms with E-state index in [0.29, 0.717) is 34.9 Å². The Kier molecular flexibility index (Phi) is 3.92. The van der Waals surface area contributed by atoms with Crippen molar-refractivity contribution in [2.75, 3.05) is 18.8 Å². The topological polar surface area (TPSA) is 95.9 Å². The fraction of sp³-hybridized carbons (Fsp3) is 0.333. The van der Waals surface area contributed by atoms with Crippen LogP contribution in [0.2, 0.25) is 0 Å². The van der Waals surface area contributed by atoms with Crippen LogP contribution in [0, 0.1) is 11.3 Å². The van der Waals surface area contributed by atoms with Gasteiger partial charge in [0.05, 0.1) is 24.4 Å². The molecule has 2 heterocycles. The molecule has 0 aromatic carbocycles. The van der Waals surface area contributed by atoms with E-state index in [1.807, 2.05) is 13.0 Å². The molecule has 98 valence electrons. The number of nitriles is 1. The number of hydrogen-bond acceptors (Lipinski definition) is 6. The molecule has 0 radical (unpaired) electrons. The average Bonchev–Trinajstić information content (AvgIpc) is 2.77. The molecule has 2 aromatic heterocycles. The van der Waals surface area contributed by atoms with Crippen LogP contribution in [0.1, 0.15) is 23.0 Å². The van der Waals surface area contributed by atoms with Crippen LogP contribution in [0.4, 0.5) is 5.69 Å². The number of rotatable bonds is 4. The number of fused-ring (bicyclic) bond motifs is 1. The first kappa shape index (κ1) is 13.2. The molecule has 0 spiro atoms.